The van der Waals surface area contributed by atoms with Crippen LogP contribution in [0.2, 0.25) is 0 Å². The molecule has 0 unspecified atom stereocenters. The van der Waals surface area contributed by atoms with Gasteiger partial charge in [0.05, 0.1) is 4.90 Å². The van der Waals surface area contributed by atoms with Crippen molar-refractivity contribution in [2.45, 2.75) is 4.90 Å². The molecule has 0 spiro atoms. The highest BCUT2D eigenvalue weighted by molar-refractivity contribution is 7.92. The van der Waals surface area contributed by atoms with E-state index in [0.717, 1.165) is 16.8 Å². The maximum Gasteiger partial charge on any atom is 0.264 e. The van der Waals surface area contributed by atoms with Gasteiger partial charge < -0.3 is 10.6 Å². The summed E-state index contributed by atoms with van der Waals surface area (Å²) in [6.07, 6.45) is 2.92. The third-order valence-corrected chi connectivity index (χ3v) is 6.02. The number of anilines is 3. The van der Waals surface area contributed by atoms with Gasteiger partial charge in [-0.15, -0.1) is 0 Å². The van der Waals surface area contributed by atoms with Crippen molar-refractivity contribution in [2.75, 3.05) is 15.4 Å². The zero-order valence-electron chi connectivity index (χ0n) is 16.8. The Hall–Kier alpha value is -3.82. The normalized spacial score (nSPS) is 10.9. The fourth-order valence-corrected chi connectivity index (χ4v) is 4.18. The lowest BCUT2D eigenvalue weighted by atomic mass is 10.0. The zero-order valence-corrected chi connectivity index (χ0v) is 18.4. The summed E-state index contributed by atoms with van der Waals surface area (Å²) in [5.41, 5.74) is 3.60. The monoisotopic (exact) mass is 461 g/mol. The number of rotatable bonds is 6. The molecule has 0 atom stereocenters. The molecule has 7 nitrogen and oxygen atoms in total. The SMILES string of the molecule is O=S(=O)(Nc1ncccn1)c1ccc(NC(=S)Nc2ccccc2-c2ccccc2)cc1. The minimum absolute atomic E-state index is 0.0113. The van der Waals surface area contributed by atoms with E-state index in [2.05, 4.69) is 25.3 Å². The molecule has 0 amide bonds. The molecule has 0 saturated carbocycles. The van der Waals surface area contributed by atoms with E-state index in [1.54, 1.807) is 18.2 Å². The van der Waals surface area contributed by atoms with Gasteiger partial charge in [0.15, 0.2) is 5.11 Å². The van der Waals surface area contributed by atoms with E-state index in [4.69, 9.17) is 12.2 Å². The summed E-state index contributed by atoms with van der Waals surface area (Å²) in [7, 11) is -3.79. The minimum Gasteiger partial charge on any atom is -0.332 e. The largest absolute Gasteiger partial charge is 0.332 e. The molecule has 0 bridgehead atoms. The van der Waals surface area contributed by atoms with Crippen molar-refractivity contribution in [1.29, 1.82) is 0 Å². The number of para-hydroxylation sites is 1. The predicted octanol–water partition coefficient (Wildman–Crippen LogP) is 4.75. The fourth-order valence-electron chi connectivity index (χ4n) is 2.99. The van der Waals surface area contributed by atoms with Crippen LogP contribution >= 0.6 is 12.2 Å². The van der Waals surface area contributed by atoms with Gasteiger partial charge >= 0.3 is 0 Å². The number of thiocarbonyl (C=S) groups is 1. The third-order valence-electron chi connectivity index (χ3n) is 4.47. The number of nitrogens with one attached hydrogen (secondary N) is 3. The van der Waals surface area contributed by atoms with Crippen molar-refractivity contribution in [3.05, 3.63) is 97.3 Å². The molecule has 0 radical (unpaired) electrons. The van der Waals surface area contributed by atoms with E-state index in [0.29, 0.717) is 10.8 Å². The van der Waals surface area contributed by atoms with Crippen molar-refractivity contribution in [3.63, 3.8) is 0 Å². The lowest BCUT2D eigenvalue weighted by molar-refractivity contribution is 0.601. The van der Waals surface area contributed by atoms with Crippen molar-refractivity contribution < 1.29 is 8.42 Å². The van der Waals surface area contributed by atoms with E-state index in [1.807, 2.05) is 54.6 Å². The number of sulfonamides is 1. The molecule has 0 aliphatic heterocycles. The second kappa shape index (κ2) is 9.54. The Kier molecular flexibility index (Phi) is 6.39. The lowest BCUT2D eigenvalue weighted by Gasteiger charge is -2.14. The summed E-state index contributed by atoms with van der Waals surface area (Å²) >= 11 is 5.45. The first kappa shape index (κ1) is 21.4. The van der Waals surface area contributed by atoms with E-state index >= 15 is 0 Å². The zero-order chi connectivity index (χ0) is 22.4. The Morgan fingerprint density at radius 1 is 0.750 bits per heavy atom. The molecule has 3 aromatic carbocycles. The molecule has 0 aliphatic carbocycles. The van der Waals surface area contributed by atoms with Crippen LogP contribution < -0.4 is 15.4 Å². The molecule has 0 aliphatic rings. The second-order valence-electron chi connectivity index (χ2n) is 6.69. The molecule has 0 saturated heterocycles. The molecule has 3 N–H and O–H groups in total. The van der Waals surface area contributed by atoms with Crippen LogP contribution in [0.15, 0.2) is 102 Å². The molecular weight excluding hydrogens is 442 g/mol. The molecule has 32 heavy (non-hydrogen) atoms. The van der Waals surface area contributed by atoms with Gasteiger partial charge in [-0.3, -0.25) is 0 Å². The summed E-state index contributed by atoms with van der Waals surface area (Å²) in [5, 5.41) is 6.67. The van der Waals surface area contributed by atoms with Gasteiger partial charge in [-0.1, -0.05) is 48.5 Å². The van der Waals surface area contributed by atoms with Gasteiger partial charge in [0.25, 0.3) is 10.0 Å². The summed E-state index contributed by atoms with van der Waals surface area (Å²) in [6, 6.07) is 25.7. The highest BCUT2D eigenvalue weighted by Gasteiger charge is 2.15. The van der Waals surface area contributed by atoms with Gasteiger partial charge in [0.2, 0.25) is 5.95 Å². The maximum atomic E-state index is 12.5. The van der Waals surface area contributed by atoms with Crippen molar-refractivity contribution in [2.24, 2.45) is 0 Å². The fraction of sp³-hybridized carbons (Fsp3) is 0. The van der Waals surface area contributed by atoms with Crippen LogP contribution in [-0.2, 0) is 10.0 Å². The maximum absolute atomic E-state index is 12.5. The molecule has 1 heterocycles. The number of nitrogens with zero attached hydrogens (tertiary/aromatic N) is 2. The van der Waals surface area contributed by atoms with E-state index in [-0.39, 0.29) is 10.8 Å². The van der Waals surface area contributed by atoms with Crippen LogP contribution in [0.5, 0.6) is 0 Å². The standard InChI is InChI=1S/C23H19N5O2S2/c29-32(30,28-22-24-15-6-16-25-22)19-13-11-18(12-14-19)26-23(31)27-21-10-5-4-9-20(21)17-7-2-1-3-8-17/h1-16H,(H,24,25,28)(H2,26,27,31). The van der Waals surface area contributed by atoms with Crippen LogP contribution in [0, 0.1) is 0 Å². The molecular formula is C23H19N5O2S2. The van der Waals surface area contributed by atoms with Crippen LogP contribution in [0.25, 0.3) is 11.1 Å². The highest BCUT2D eigenvalue weighted by Crippen LogP contribution is 2.27. The topological polar surface area (TPSA) is 96.0 Å². The molecule has 0 fully saturated rings. The predicted molar refractivity (Wildman–Crippen MR) is 131 cm³/mol. The Balaban J connectivity index is 1.44. The summed E-state index contributed by atoms with van der Waals surface area (Å²) in [4.78, 5) is 7.84. The first-order valence-corrected chi connectivity index (χ1v) is 11.5. The highest BCUT2D eigenvalue weighted by atomic mass is 32.2. The Morgan fingerprint density at radius 2 is 1.41 bits per heavy atom. The number of hydrogen-bond acceptors (Lipinski definition) is 5. The van der Waals surface area contributed by atoms with Gasteiger partial charge in [0.1, 0.15) is 0 Å². The summed E-state index contributed by atoms with van der Waals surface area (Å²) in [6.45, 7) is 0. The average molecular weight is 462 g/mol. The number of benzene rings is 3. The first-order chi connectivity index (χ1) is 15.5. The minimum atomic E-state index is -3.79. The average Bonchev–Trinajstić information content (AvgIpc) is 2.81. The quantitative estimate of drug-likeness (QED) is 0.357. The molecule has 4 rings (SSSR count). The summed E-state index contributed by atoms with van der Waals surface area (Å²) in [5.74, 6) is 0.0113. The Bertz CT molecular complexity index is 1310. The Morgan fingerprint density at radius 3 is 2.12 bits per heavy atom. The van der Waals surface area contributed by atoms with E-state index in [9.17, 15) is 8.42 Å². The molecule has 160 valence electrons. The molecule has 4 aromatic rings. The van der Waals surface area contributed by atoms with Gasteiger partial charge in [-0.2, -0.15) is 0 Å². The van der Waals surface area contributed by atoms with Crippen molar-refractivity contribution in [3.8, 4) is 11.1 Å². The van der Waals surface area contributed by atoms with Crippen LogP contribution in [0.4, 0.5) is 17.3 Å². The lowest BCUT2D eigenvalue weighted by Crippen LogP contribution is -2.19. The van der Waals surface area contributed by atoms with Gasteiger partial charge in [-0.05, 0) is 54.2 Å². The van der Waals surface area contributed by atoms with Crippen LogP contribution in [0.1, 0.15) is 0 Å². The van der Waals surface area contributed by atoms with E-state index in [1.165, 1.54) is 24.5 Å². The third kappa shape index (κ3) is 5.26. The Labute approximate surface area is 191 Å². The molecule has 1 aromatic heterocycles. The van der Waals surface area contributed by atoms with Crippen molar-refractivity contribution >= 4 is 44.7 Å². The smallest absolute Gasteiger partial charge is 0.264 e. The van der Waals surface area contributed by atoms with Crippen molar-refractivity contribution in [1.82, 2.24) is 9.97 Å². The number of aromatic nitrogens is 2. The van der Waals surface area contributed by atoms with E-state index < -0.39 is 10.0 Å². The summed E-state index contributed by atoms with van der Waals surface area (Å²) < 4.78 is 27.3. The van der Waals surface area contributed by atoms with Gasteiger partial charge in [0, 0.05) is 29.3 Å². The van der Waals surface area contributed by atoms with Crippen LogP contribution in [0.3, 0.4) is 0 Å². The second-order valence-corrected chi connectivity index (χ2v) is 8.78. The molecule has 9 heteroatoms. The number of hydrogen-bond donors (Lipinski definition) is 3. The van der Waals surface area contributed by atoms with Gasteiger partial charge in [-0.25, -0.2) is 23.1 Å². The van der Waals surface area contributed by atoms with Crippen LogP contribution in [-0.4, -0.2) is 23.5 Å². The first-order valence-electron chi connectivity index (χ1n) is 9.64.